The highest BCUT2D eigenvalue weighted by molar-refractivity contribution is 5.82. The number of rotatable bonds is 5. The summed E-state index contributed by atoms with van der Waals surface area (Å²) in [6.07, 6.45) is 1.22. The highest BCUT2D eigenvalue weighted by Crippen LogP contribution is 2.32. The molecule has 0 aliphatic carbocycles. The summed E-state index contributed by atoms with van der Waals surface area (Å²) in [5.74, 6) is 0.897. The first kappa shape index (κ1) is 15.4. The first-order chi connectivity index (χ1) is 10.00. The van der Waals surface area contributed by atoms with Crippen LogP contribution in [0.2, 0.25) is 0 Å². The lowest BCUT2D eigenvalue weighted by atomic mass is 9.81. The van der Waals surface area contributed by atoms with Crippen LogP contribution in [0.25, 0.3) is 5.78 Å². The normalized spacial score (nSPS) is 11.9. The summed E-state index contributed by atoms with van der Waals surface area (Å²) < 4.78 is 7.14. The van der Waals surface area contributed by atoms with Gasteiger partial charge in [0, 0.05) is 11.4 Å². The second-order valence-electron chi connectivity index (χ2n) is 5.21. The van der Waals surface area contributed by atoms with Crippen LogP contribution in [-0.4, -0.2) is 32.2 Å². The van der Waals surface area contributed by atoms with Gasteiger partial charge in [-0.1, -0.05) is 13.8 Å². The molecular weight excluding hydrogens is 268 g/mol. The molecule has 0 unspecified atom stereocenters. The maximum atomic E-state index is 12.5. The lowest BCUT2D eigenvalue weighted by Crippen LogP contribution is -2.38. The number of hydrogen-bond acceptors (Lipinski definition) is 5. The number of nitrogens with zero attached hydrogens (tertiary/aromatic N) is 4. The van der Waals surface area contributed by atoms with E-state index >= 15 is 0 Å². The number of ether oxygens (including phenoxy) is 1. The topological polar surface area (TPSA) is 69.4 Å². The summed E-state index contributed by atoms with van der Waals surface area (Å²) in [5.41, 5.74) is 1.07. The molecule has 6 nitrogen and oxygen atoms in total. The molecule has 0 atom stereocenters. The maximum absolute atomic E-state index is 12.5. The average molecular weight is 290 g/mol. The van der Waals surface area contributed by atoms with Crippen molar-refractivity contribution in [2.24, 2.45) is 0 Å². The van der Waals surface area contributed by atoms with E-state index in [2.05, 4.69) is 15.2 Å². The zero-order valence-corrected chi connectivity index (χ0v) is 13.3. The van der Waals surface area contributed by atoms with Gasteiger partial charge in [-0.2, -0.15) is 0 Å². The zero-order valence-electron chi connectivity index (χ0n) is 13.3. The Hall–Kier alpha value is -1.98. The van der Waals surface area contributed by atoms with E-state index < -0.39 is 5.41 Å². The molecule has 0 aliphatic rings. The van der Waals surface area contributed by atoms with E-state index in [1.165, 1.54) is 0 Å². The molecule has 0 amide bonds. The molecule has 2 rings (SSSR count). The van der Waals surface area contributed by atoms with Crippen LogP contribution in [0.15, 0.2) is 6.07 Å². The number of hydrogen-bond donors (Lipinski definition) is 0. The van der Waals surface area contributed by atoms with Crippen molar-refractivity contribution >= 4 is 11.7 Å². The maximum Gasteiger partial charge on any atom is 0.319 e. The van der Waals surface area contributed by atoms with E-state index in [9.17, 15) is 4.79 Å². The molecule has 0 N–H and O–H groups in total. The lowest BCUT2D eigenvalue weighted by Gasteiger charge is -2.27. The summed E-state index contributed by atoms with van der Waals surface area (Å²) in [5, 5.41) is 8.40. The van der Waals surface area contributed by atoms with Crippen LogP contribution in [0.3, 0.4) is 0 Å². The Morgan fingerprint density at radius 1 is 1.24 bits per heavy atom. The number of fused-ring (bicyclic) bond motifs is 1. The van der Waals surface area contributed by atoms with Crippen molar-refractivity contribution in [2.45, 2.75) is 52.9 Å². The monoisotopic (exact) mass is 290 g/mol. The summed E-state index contributed by atoms with van der Waals surface area (Å²) in [7, 11) is 0. The Labute approximate surface area is 124 Å². The van der Waals surface area contributed by atoms with E-state index in [4.69, 9.17) is 4.74 Å². The van der Waals surface area contributed by atoms with Crippen LogP contribution in [0, 0.1) is 13.8 Å². The molecule has 0 fully saturated rings. The number of carbonyl (C=O) groups is 1. The van der Waals surface area contributed by atoms with Crippen molar-refractivity contribution in [3.63, 3.8) is 0 Å². The van der Waals surface area contributed by atoms with Crippen LogP contribution in [0.5, 0.6) is 0 Å². The zero-order chi connectivity index (χ0) is 15.6. The number of carbonyl (C=O) groups excluding carboxylic acids is 1. The van der Waals surface area contributed by atoms with Gasteiger partial charge in [-0.25, -0.2) is 4.98 Å². The Kier molecular flexibility index (Phi) is 4.25. The summed E-state index contributed by atoms with van der Waals surface area (Å²) >= 11 is 0. The predicted molar refractivity (Wildman–Crippen MR) is 79.1 cm³/mol. The van der Waals surface area contributed by atoms with E-state index in [1.54, 1.807) is 0 Å². The molecule has 0 aliphatic heterocycles. The Bertz CT molecular complexity index is 659. The molecule has 0 radical (unpaired) electrons. The smallest absolute Gasteiger partial charge is 0.319 e. The van der Waals surface area contributed by atoms with Gasteiger partial charge >= 0.3 is 5.97 Å². The molecule has 0 saturated carbocycles. The predicted octanol–water partition coefficient (Wildman–Crippen LogP) is 2.36. The van der Waals surface area contributed by atoms with E-state index in [0.29, 0.717) is 31.1 Å². The fourth-order valence-corrected chi connectivity index (χ4v) is 2.76. The van der Waals surface area contributed by atoms with Gasteiger partial charge in [-0.05, 0) is 39.7 Å². The van der Waals surface area contributed by atoms with Gasteiger partial charge in [0.1, 0.15) is 5.41 Å². The fraction of sp³-hybridized carbons (Fsp3) is 0.600. The Morgan fingerprint density at radius 3 is 2.48 bits per heavy atom. The Balaban J connectivity index is 2.69. The van der Waals surface area contributed by atoms with Gasteiger partial charge in [-0.15, -0.1) is 10.2 Å². The second-order valence-corrected chi connectivity index (χ2v) is 5.21. The molecule has 0 saturated heterocycles. The van der Waals surface area contributed by atoms with Crippen molar-refractivity contribution < 1.29 is 9.53 Å². The quantitative estimate of drug-likeness (QED) is 0.791. The third kappa shape index (κ3) is 2.39. The molecule has 2 aromatic rings. The molecule has 0 spiro atoms. The average Bonchev–Trinajstić information content (AvgIpc) is 2.86. The molecule has 2 heterocycles. The third-order valence-electron chi connectivity index (χ3n) is 3.99. The van der Waals surface area contributed by atoms with Crippen molar-refractivity contribution in [1.29, 1.82) is 0 Å². The van der Waals surface area contributed by atoms with Crippen molar-refractivity contribution in [3.8, 4) is 0 Å². The number of aryl methyl sites for hydroxylation is 2. The molecular formula is C15H22N4O2. The summed E-state index contributed by atoms with van der Waals surface area (Å²) in [6.45, 7) is 9.99. The minimum Gasteiger partial charge on any atom is -0.465 e. The molecule has 114 valence electrons. The van der Waals surface area contributed by atoms with Crippen LogP contribution >= 0.6 is 0 Å². The number of aromatic nitrogens is 4. The SMILES string of the molecule is CCOC(=O)C(CC)(CC)c1nnc2nc(C)cc(C)n12. The van der Waals surface area contributed by atoms with Crippen LogP contribution < -0.4 is 0 Å². The summed E-state index contributed by atoms with van der Waals surface area (Å²) in [4.78, 5) is 16.9. The molecule has 2 aromatic heterocycles. The van der Waals surface area contributed by atoms with Crippen LogP contribution in [0.4, 0.5) is 0 Å². The molecule has 6 heteroatoms. The van der Waals surface area contributed by atoms with Gasteiger partial charge in [0.2, 0.25) is 0 Å². The first-order valence-electron chi connectivity index (χ1n) is 7.37. The van der Waals surface area contributed by atoms with Gasteiger partial charge in [-0.3, -0.25) is 9.20 Å². The number of esters is 1. The Morgan fingerprint density at radius 2 is 1.90 bits per heavy atom. The van der Waals surface area contributed by atoms with Crippen molar-refractivity contribution in [2.75, 3.05) is 6.61 Å². The highest BCUT2D eigenvalue weighted by atomic mass is 16.5. The first-order valence-corrected chi connectivity index (χ1v) is 7.37. The molecule has 0 aromatic carbocycles. The van der Waals surface area contributed by atoms with E-state index in [-0.39, 0.29) is 5.97 Å². The standard InChI is InChI=1S/C15H22N4O2/c1-6-15(7-2,13(20)21-8-3)12-17-18-14-16-10(4)9-11(5)19(12)14/h9H,6-8H2,1-5H3. The van der Waals surface area contributed by atoms with E-state index in [1.807, 2.05) is 45.1 Å². The highest BCUT2D eigenvalue weighted by Gasteiger charge is 2.43. The largest absolute Gasteiger partial charge is 0.465 e. The lowest BCUT2D eigenvalue weighted by molar-refractivity contribution is -0.151. The van der Waals surface area contributed by atoms with Crippen molar-refractivity contribution in [1.82, 2.24) is 19.6 Å². The van der Waals surface area contributed by atoms with Gasteiger partial charge in [0.15, 0.2) is 5.82 Å². The summed E-state index contributed by atoms with van der Waals surface area (Å²) in [6, 6.07) is 1.96. The van der Waals surface area contributed by atoms with Gasteiger partial charge in [0.05, 0.1) is 6.61 Å². The minimum absolute atomic E-state index is 0.246. The molecule has 21 heavy (non-hydrogen) atoms. The fourth-order valence-electron chi connectivity index (χ4n) is 2.76. The molecule has 0 bridgehead atoms. The second kappa shape index (κ2) is 5.79. The van der Waals surface area contributed by atoms with Crippen LogP contribution in [-0.2, 0) is 14.9 Å². The third-order valence-corrected chi connectivity index (χ3v) is 3.99. The van der Waals surface area contributed by atoms with Gasteiger partial charge in [0.25, 0.3) is 5.78 Å². The van der Waals surface area contributed by atoms with E-state index in [0.717, 1.165) is 11.4 Å². The van der Waals surface area contributed by atoms with Gasteiger partial charge < -0.3 is 4.74 Å². The van der Waals surface area contributed by atoms with Crippen molar-refractivity contribution in [3.05, 3.63) is 23.3 Å². The van der Waals surface area contributed by atoms with Crippen LogP contribution in [0.1, 0.15) is 50.8 Å². The minimum atomic E-state index is -0.781.